The van der Waals surface area contributed by atoms with Crippen LogP contribution in [0, 0.1) is 0 Å². The highest BCUT2D eigenvalue weighted by Gasteiger charge is 2.38. The van der Waals surface area contributed by atoms with Gasteiger partial charge in [-0.05, 0) is 41.0 Å². The van der Waals surface area contributed by atoms with Crippen molar-refractivity contribution in [1.82, 2.24) is 9.80 Å². The summed E-state index contributed by atoms with van der Waals surface area (Å²) in [4.78, 5) is 4.31. The fourth-order valence-electron chi connectivity index (χ4n) is 2.40. The van der Waals surface area contributed by atoms with Crippen LogP contribution in [0.5, 0.6) is 0 Å². The molecule has 1 rings (SSSR count). The van der Waals surface area contributed by atoms with Crippen LogP contribution in [0.3, 0.4) is 0 Å². The lowest BCUT2D eigenvalue weighted by Gasteiger charge is -2.24. The molecule has 0 aromatic carbocycles. The lowest BCUT2D eigenvalue weighted by molar-refractivity contribution is 0.103. The van der Waals surface area contributed by atoms with E-state index in [1.165, 1.54) is 19.3 Å². The van der Waals surface area contributed by atoms with Crippen molar-refractivity contribution in [2.75, 3.05) is 41.3 Å². The van der Waals surface area contributed by atoms with Crippen molar-refractivity contribution in [2.45, 2.75) is 44.8 Å². The minimum absolute atomic E-state index is 0.151. The molecule has 1 aliphatic heterocycles. The first-order chi connectivity index (χ1) is 9.52. The van der Waals surface area contributed by atoms with Gasteiger partial charge in [-0.1, -0.05) is 31.8 Å². The molecule has 5 heteroatoms. The van der Waals surface area contributed by atoms with Gasteiger partial charge in [-0.2, -0.15) is 0 Å². The highest BCUT2D eigenvalue weighted by Crippen LogP contribution is 2.19. The molecule has 2 atom stereocenters. The zero-order valence-electron chi connectivity index (χ0n) is 13.8. The minimum atomic E-state index is -0.175. The summed E-state index contributed by atoms with van der Waals surface area (Å²) in [6.45, 7) is 4.03. The van der Waals surface area contributed by atoms with Crippen LogP contribution in [-0.4, -0.2) is 70.4 Å². The second-order valence-corrected chi connectivity index (χ2v) is 6.17. The highest BCUT2D eigenvalue weighted by molar-refractivity contribution is 6.51. The molecule has 0 N–H and O–H groups in total. The third kappa shape index (κ3) is 6.89. The van der Waals surface area contributed by atoms with Crippen LogP contribution in [0.1, 0.15) is 32.6 Å². The van der Waals surface area contributed by atoms with E-state index >= 15 is 0 Å². The van der Waals surface area contributed by atoms with E-state index in [0.29, 0.717) is 0 Å². The van der Waals surface area contributed by atoms with Crippen LogP contribution in [0.25, 0.3) is 0 Å². The first kappa shape index (κ1) is 17.7. The predicted molar refractivity (Wildman–Crippen MR) is 85.9 cm³/mol. The largest absolute Gasteiger partial charge is 0.486 e. The Morgan fingerprint density at radius 1 is 0.950 bits per heavy atom. The molecule has 20 heavy (non-hydrogen) atoms. The molecule has 116 valence electrons. The molecule has 0 aromatic rings. The molecule has 1 saturated heterocycles. The second kappa shape index (κ2) is 9.56. The van der Waals surface area contributed by atoms with Crippen LogP contribution in [0.2, 0.25) is 0 Å². The molecule has 0 aromatic heterocycles. The van der Waals surface area contributed by atoms with Gasteiger partial charge in [0.05, 0.1) is 12.2 Å². The molecule has 0 radical (unpaired) electrons. The second-order valence-electron chi connectivity index (χ2n) is 6.17. The Bertz CT molecular complexity index is 267. The Kier molecular flexibility index (Phi) is 8.46. The fourth-order valence-corrected chi connectivity index (χ4v) is 2.40. The van der Waals surface area contributed by atoms with Crippen molar-refractivity contribution >= 4 is 7.12 Å². The average molecular weight is 282 g/mol. The summed E-state index contributed by atoms with van der Waals surface area (Å²) in [5.74, 6) is 2.08. The highest BCUT2D eigenvalue weighted by atomic mass is 16.7. The quantitative estimate of drug-likeness (QED) is 0.477. The van der Waals surface area contributed by atoms with E-state index in [1.54, 1.807) is 0 Å². The van der Waals surface area contributed by atoms with Gasteiger partial charge in [0.2, 0.25) is 0 Å². The third-order valence-electron chi connectivity index (χ3n) is 3.39. The van der Waals surface area contributed by atoms with Crippen molar-refractivity contribution in [3.8, 4) is 0 Å². The summed E-state index contributed by atoms with van der Waals surface area (Å²) in [6.07, 6.45) is 7.43. The van der Waals surface area contributed by atoms with E-state index in [-0.39, 0.29) is 19.3 Å². The maximum Gasteiger partial charge on any atom is 0.486 e. The standard InChI is InChI=1S/C15H31BN2O2/c1-6-7-8-9-10-11-16-19-14(12-17(2)3)15(20-16)13-18(4)5/h10-11,14-15H,6-9,12-13H2,1-5H3/b11-10+/t14-,15-/m0/s1. The predicted octanol–water partition coefficient (Wildman–Crippen LogP) is 2.06. The van der Waals surface area contributed by atoms with E-state index in [4.69, 9.17) is 9.31 Å². The van der Waals surface area contributed by atoms with Gasteiger partial charge >= 0.3 is 7.12 Å². The maximum absolute atomic E-state index is 6.01. The maximum atomic E-state index is 6.01. The summed E-state index contributed by atoms with van der Waals surface area (Å²) in [5, 5.41) is 0. The topological polar surface area (TPSA) is 24.9 Å². The lowest BCUT2D eigenvalue weighted by atomic mass is 9.90. The number of hydrogen-bond acceptors (Lipinski definition) is 4. The number of hydrogen-bond donors (Lipinski definition) is 0. The fraction of sp³-hybridized carbons (Fsp3) is 0.867. The number of allylic oxidation sites excluding steroid dienone is 1. The Balaban J connectivity index is 2.42. The Morgan fingerprint density at radius 2 is 1.50 bits per heavy atom. The van der Waals surface area contributed by atoms with Gasteiger partial charge in [0, 0.05) is 13.1 Å². The number of rotatable bonds is 9. The van der Waals surface area contributed by atoms with Gasteiger partial charge in [0.15, 0.2) is 0 Å². The van der Waals surface area contributed by atoms with E-state index in [2.05, 4.69) is 57.0 Å². The van der Waals surface area contributed by atoms with E-state index < -0.39 is 0 Å². The minimum Gasteiger partial charge on any atom is -0.401 e. The van der Waals surface area contributed by atoms with Gasteiger partial charge in [-0.15, -0.1) is 0 Å². The lowest BCUT2D eigenvalue weighted by Crippen LogP contribution is -2.39. The van der Waals surface area contributed by atoms with Crippen molar-refractivity contribution in [3.05, 3.63) is 12.1 Å². The third-order valence-corrected chi connectivity index (χ3v) is 3.39. The first-order valence-corrected chi connectivity index (χ1v) is 7.80. The molecule has 0 unspecified atom stereocenters. The summed E-state index contributed by atoms with van der Waals surface area (Å²) in [5.41, 5.74) is 0. The summed E-state index contributed by atoms with van der Waals surface area (Å²) < 4.78 is 12.0. The van der Waals surface area contributed by atoms with Crippen molar-refractivity contribution < 1.29 is 9.31 Å². The molecular weight excluding hydrogens is 251 g/mol. The van der Waals surface area contributed by atoms with Crippen LogP contribution in [0.15, 0.2) is 12.1 Å². The molecule has 0 saturated carbocycles. The van der Waals surface area contributed by atoms with Crippen LogP contribution < -0.4 is 0 Å². The molecule has 1 aliphatic rings. The zero-order valence-corrected chi connectivity index (χ0v) is 13.8. The molecule has 1 fully saturated rings. The number of likely N-dealkylation sites (N-methyl/N-ethyl adjacent to an activating group) is 2. The van der Waals surface area contributed by atoms with Gasteiger partial charge in [-0.25, -0.2) is 0 Å². The molecule has 0 amide bonds. The number of unbranched alkanes of at least 4 members (excludes halogenated alkanes) is 3. The number of nitrogens with zero attached hydrogens (tertiary/aromatic N) is 2. The van der Waals surface area contributed by atoms with Crippen molar-refractivity contribution in [3.63, 3.8) is 0 Å². The zero-order chi connectivity index (χ0) is 15.0. The normalized spacial score (nSPS) is 23.6. The van der Waals surface area contributed by atoms with Crippen LogP contribution in [-0.2, 0) is 9.31 Å². The Labute approximate surface area is 125 Å². The summed E-state index contributed by atoms with van der Waals surface area (Å²) in [6, 6.07) is 0. The first-order valence-electron chi connectivity index (χ1n) is 7.80. The van der Waals surface area contributed by atoms with Crippen molar-refractivity contribution in [2.24, 2.45) is 0 Å². The average Bonchev–Trinajstić information content (AvgIpc) is 2.69. The van der Waals surface area contributed by atoms with E-state index in [0.717, 1.165) is 19.5 Å². The molecular formula is C15H31BN2O2. The van der Waals surface area contributed by atoms with E-state index in [9.17, 15) is 0 Å². The Morgan fingerprint density at radius 3 is 1.95 bits per heavy atom. The van der Waals surface area contributed by atoms with Crippen molar-refractivity contribution in [1.29, 1.82) is 0 Å². The van der Waals surface area contributed by atoms with Gasteiger partial charge in [0.25, 0.3) is 0 Å². The summed E-state index contributed by atoms with van der Waals surface area (Å²) in [7, 11) is 8.12. The van der Waals surface area contributed by atoms with Gasteiger partial charge in [-0.3, -0.25) is 0 Å². The monoisotopic (exact) mass is 282 g/mol. The molecule has 1 heterocycles. The van der Waals surface area contributed by atoms with Crippen LogP contribution >= 0.6 is 0 Å². The van der Waals surface area contributed by atoms with Crippen LogP contribution in [0.4, 0.5) is 0 Å². The molecule has 0 spiro atoms. The smallest absolute Gasteiger partial charge is 0.401 e. The van der Waals surface area contributed by atoms with E-state index in [1.807, 2.05) is 0 Å². The molecule has 4 nitrogen and oxygen atoms in total. The van der Waals surface area contributed by atoms with Gasteiger partial charge < -0.3 is 19.1 Å². The summed E-state index contributed by atoms with van der Waals surface area (Å²) >= 11 is 0. The van der Waals surface area contributed by atoms with Gasteiger partial charge in [0.1, 0.15) is 0 Å². The molecule has 0 aliphatic carbocycles. The SMILES string of the molecule is CCCCC/C=C/B1O[C@@H](CN(C)C)[C@H](CN(C)C)O1. The Hall–Kier alpha value is -0.355. The molecule has 0 bridgehead atoms.